The standard InChI is InChI=1S/C11H19N3S/c1-4-11(10-15-9-1)12-5-2-7-14-8-3-6-13-14/h3,6,8,11-12H,1-2,4-5,7,9-10H2. The summed E-state index contributed by atoms with van der Waals surface area (Å²) in [5.74, 6) is 2.65. The highest BCUT2D eigenvalue weighted by Crippen LogP contribution is 2.16. The summed E-state index contributed by atoms with van der Waals surface area (Å²) in [5.41, 5.74) is 0. The average Bonchev–Trinajstić information content (AvgIpc) is 2.79. The first-order valence-electron chi connectivity index (χ1n) is 5.74. The summed E-state index contributed by atoms with van der Waals surface area (Å²) < 4.78 is 2.00. The Morgan fingerprint density at radius 2 is 2.53 bits per heavy atom. The molecule has 0 radical (unpaired) electrons. The summed E-state index contributed by atoms with van der Waals surface area (Å²) in [7, 11) is 0. The molecule has 1 aliphatic heterocycles. The lowest BCUT2D eigenvalue weighted by Crippen LogP contribution is -2.34. The van der Waals surface area contributed by atoms with Crippen LogP contribution in [0.1, 0.15) is 19.3 Å². The van der Waals surface area contributed by atoms with Gasteiger partial charge >= 0.3 is 0 Å². The van der Waals surface area contributed by atoms with Gasteiger partial charge in [-0.1, -0.05) is 0 Å². The number of aryl methyl sites for hydroxylation is 1. The largest absolute Gasteiger partial charge is 0.313 e. The summed E-state index contributed by atoms with van der Waals surface area (Å²) in [5, 5.41) is 7.81. The van der Waals surface area contributed by atoms with E-state index in [9.17, 15) is 0 Å². The van der Waals surface area contributed by atoms with Crippen LogP contribution in [0.25, 0.3) is 0 Å². The first kappa shape index (κ1) is 11.0. The van der Waals surface area contributed by atoms with Gasteiger partial charge in [0.05, 0.1) is 0 Å². The number of hydrogen-bond acceptors (Lipinski definition) is 3. The van der Waals surface area contributed by atoms with E-state index in [0.29, 0.717) is 0 Å². The maximum absolute atomic E-state index is 4.19. The van der Waals surface area contributed by atoms with E-state index in [1.54, 1.807) is 0 Å². The normalized spacial score (nSPS) is 21.7. The molecule has 0 aliphatic carbocycles. The molecule has 1 aromatic rings. The van der Waals surface area contributed by atoms with E-state index in [4.69, 9.17) is 0 Å². The quantitative estimate of drug-likeness (QED) is 0.774. The molecule has 2 rings (SSSR count). The molecule has 4 heteroatoms. The third-order valence-electron chi connectivity index (χ3n) is 2.72. The fourth-order valence-electron chi connectivity index (χ4n) is 1.88. The van der Waals surface area contributed by atoms with Gasteiger partial charge in [-0.15, -0.1) is 0 Å². The van der Waals surface area contributed by atoms with E-state index in [2.05, 4.69) is 22.2 Å². The molecule has 3 nitrogen and oxygen atoms in total. The Balaban J connectivity index is 1.54. The maximum Gasteiger partial charge on any atom is 0.0489 e. The van der Waals surface area contributed by atoms with Crippen molar-refractivity contribution in [1.82, 2.24) is 15.1 Å². The molecule has 1 N–H and O–H groups in total. The zero-order valence-electron chi connectivity index (χ0n) is 9.06. The molecule has 0 spiro atoms. The van der Waals surface area contributed by atoms with E-state index < -0.39 is 0 Å². The van der Waals surface area contributed by atoms with Gasteiger partial charge in [0.15, 0.2) is 0 Å². The van der Waals surface area contributed by atoms with Gasteiger partial charge in [0.25, 0.3) is 0 Å². The van der Waals surface area contributed by atoms with Gasteiger partial charge in [0.1, 0.15) is 0 Å². The molecule has 1 atom stereocenters. The fraction of sp³-hybridized carbons (Fsp3) is 0.727. The topological polar surface area (TPSA) is 29.9 Å². The molecule has 15 heavy (non-hydrogen) atoms. The zero-order valence-corrected chi connectivity index (χ0v) is 9.88. The minimum absolute atomic E-state index is 0.751. The van der Waals surface area contributed by atoms with E-state index >= 15 is 0 Å². The van der Waals surface area contributed by atoms with Crippen LogP contribution in [-0.2, 0) is 6.54 Å². The van der Waals surface area contributed by atoms with Crippen LogP contribution < -0.4 is 5.32 Å². The van der Waals surface area contributed by atoms with Crippen molar-refractivity contribution in [1.29, 1.82) is 0 Å². The van der Waals surface area contributed by atoms with Crippen molar-refractivity contribution >= 4 is 11.8 Å². The Bertz CT molecular complexity index is 255. The van der Waals surface area contributed by atoms with Crippen LogP contribution in [-0.4, -0.2) is 33.9 Å². The van der Waals surface area contributed by atoms with Crippen LogP contribution in [0.3, 0.4) is 0 Å². The lowest BCUT2D eigenvalue weighted by atomic mass is 10.2. The number of rotatable bonds is 5. The zero-order chi connectivity index (χ0) is 10.3. The van der Waals surface area contributed by atoms with Gasteiger partial charge in [0, 0.05) is 30.7 Å². The second-order valence-corrected chi connectivity index (χ2v) is 5.14. The number of aromatic nitrogens is 2. The molecular weight excluding hydrogens is 206 g/mol. The Morgan fingerprint density at radius 3 is 3.27 bits per heavy atom. The average molecular weight is 225 g/mol. The van der Waals surface area contributed by atoms with E-state index in [-0.39, 0.29) is 0 Å². The summed E-state index contributed by atoms with van der Waals surface area (Å²) >= 11 is 2.08. The van der Waals surface area contributed by atoms with Crippen molar-refractivity contribution in [2.24, 2.45) is 0 Å². The molecule has 84 valence electrons. The van der Waals surface area contributed by atoms with Gasteiger partial charge in [-0.3, -0.25) is 4.68 Å². The fourth-order valence-corrected chi connectivity index (χ4v) is 2.99. The molecule has 1 fully saturated rings. The second-order valence-electron chi connectivity index (χ2n) is 3.99. The maximum atomic E-state index is 4.19. The number of nitrogens with zero attached hydrogens (tertiary/aromatic N) is 2. The molecule has 1 aromatic heterocycles. The van der Waals surface area contributed by atoms with Crippen molar-refractivity contribution in [3.8, 4) is 0 Å². The summed E-state index contributed by atoms with van der Waals surface area (Å²) in [4.78, 5) is 0. The van der Waals surface area contributed by atoms with Crippen LogP contribution >= 0.6 is 11.8 Å². The molecule has 0 bridgehead atoms. The Labute approximate surface area is 95.6 Å². The van der Waals surface area contributed by atoms with Crippen molar-refractivity contribution in [2.45, 2.75) is 31.8 Å². The number of hydrogen-bond donors (Lipinski definition) is 1. The van der Waals surface area contributed by atoms with Gasteiger partial charge < -0.3 is 5.32 Å². The van der Waals surface area contributed by atoms with E-state index in [1.807, 2.05) is 23.1 Å². The smallest absolute Gasteiger partial charge is 0.0489 e. The Morgan fingerprint density at radius 1 is 1.53 bits per heavy atom. The molecule has 0 aromatic carbocycles. The lowest BCUT2D eigenvalue weighted by molar-refractivity contribution is 0.475. The number of nitrogens with one attached hydrogen (secondary N) is 1. The first-order valence-corrected chi connectivity index (χ1v) is 6.89. The summed E-state index contributed by atoms with van der Waals surface area (Å²) in [6.07, 6.45) is 7.76. The minimum Gasteiger partial charge on any atom is -0.313 e. The van der Waals surface area contributed by atoms with Crippen LogP contribution in [0, 0.1) is 0 Å². The highest BCUT2D eigenvalue weighted by molar-refractivity contribution is 7.99. The first-order chi connectivity index (χ1) is 7.45. The predicted molar refractivity (Wildman–Crippen MR) is 65.2 cm³/mol. The van der Waals surface area contributed by atoms with Crippen LogP contribution in [0.5, 0.6) is 0 Å². The van der Waals surface area contributed by atoms with Crippen molar-refractivity contribution in [3.05, 3.63) is 18.5 Å². The van der Waals surface area contributed by atoms with Crippen LogP contribution in [0.15, 0.2) is 18.5 Å². The SMILES string of the molecule is c1cnn(CCCNC2CCCSC2)c1. The van der Waals surface area contributed by atoms with Gasteiger partial charge in [-0.05, 0) is 37.6 Å². The Hall–Kier alpha value is -0.480. The third-order valence-corrected chi connectivity index (χ3v) is 3.93. The highest BCUT2D eigenvalue weighted by Gasteiger charge is 2.11. The second kappa shape index (κ2) is 6.18. The van der Waals surface area contributed by atoms with Gasteiger partial charge in [-0.25, -0.2) is 0 Å². The lowest BCUT2D eigenvalue weighted by Gasteiger charge is -2.22. The van der Waals surface area contributed by atoms with Gasteiger partial charge in [-0.2, -0.15) is 16.9 Å². The van der Waals surface area contributed by atoms with Crippen LogP contribution in [0.4, 0.5) is 0 Å². The van der Waals surface area contributed by atoms with Crippen molar-refractivity contribution in [2.75, 3.05) is 18.1 Å². The molecule has 1 unspecified atom stereocenters. The minimum atomic E-state index is 0.751. The molecule has 0 amide bonds. The van der Waals surface area contributed by atoms with E-state index in [1.165, 1.54) is 30.8 Å². The predicted octanol–water partition coefficient (Wildman–Crippen LogP) is 1.76. The Kier molecular flexibility index (Phi) is 4.54. The molecule has 1 aliphatic rings. The molecule has 0 saturated carbocycles. The summed E-state index contributed by atoms with van der Waals surface area (Å²) in [6.45, 7) is 2.14. The molecule has 2 heterocycles. The molecular formula is C11H19N3S. The highest BCUT2D eigenvalue weighted by atomic mass is 32.2. The number of thioether (sulfide) groups is 1. The monoisotopic (exact) mass is 225 g/mol. The third kappa shape index (κ3) is 3.87. The van der Waals surface area contributed by atoms with E-state index in [0.717, 1.165) is 19.1 Å². The van der Waals surface area contributed by atoms with Gasteiger partial charge in [0.2, 0.25) is 0 Å². The van der Waals surface area contributed by atoms with Crippen molar-refractivity contribution in [3.63, 3.8) is 0 Å². The van der Waals surface area contributed by atoms with Crippen molar-refractivity contribution < 1.29 is 0 Å². The summed E-state index contributed by atoms with van der Waals surface area (Å²) in [6, 6.07) is 2.73. The molecule has 1 saturated heterocycles. The van der Waals surface area contributed by atoms with Crippen LogP contribution in [0.2, 0.25) is 0 Å².